The lowest BCUT2D eigenvalue weighted by Crippen LogP contribution is -2.18. The zero-order valence-corrected chi connectivity index (χ0v) is 6.20. The van der Waals surface area contributed by atoms with Crippen LogP contribution in [-0.2, 0) is 9.59 Å². The lowest BCUT2D eigenvalue weighted by Gasteiger charge is -2.07. The molecule has 1 atom stereocenters. The Morgan fingerprint density at radius 3 is 2.00 bits per heavy atom. The first-order valence-electron chi connectivity index (χ1n) is 3.05. The number of carbonyl (C=O) groups is 2. The summed E-state index contributed by atoms with van der Waals surface area (Å²) in [7, 11) is 0. The first-order chi connectivity index (χ1) is 4.95. The Morgan fingerprint density at radius 1 is 1.45 bits per heavy atom. The molecule has 0 aliphatic heterocycles. The third-order valence-electron chi connectivity index (χ3n) is 1.27. The number of carboxylic acid groups (broad SMARTS) is 2. The van der Waals surface area contributed by atoms with Gasteiger partial charge in [-0.3, -0.25) is 9.59 Å². The fourth-order valence-corrected chi connectivity index (χ4v) is 0.647. The summed E-state index contributed by atoms with van der Waals surface area (Å²) >= 11 is 0. The first kappa shape index (κ1) is 9.68. The van der Waals surface area contributed by atoms with Crippen LogP contribution in [0.5, 0.6) is 0 Å². The summed E-state index contributed by atoms with van der Waals surface area (Å²) in [6.07, 6.45) is -0.398. The van der Waals surface area contributed by atoms with Crippen LogP contribution in [0.25, 0.3) is 0 Å². The van der Waals surface area contributed by atoms with E-state index in [4.69, 9.17) is 10.2 Å². The molecule has 62 valence electrons. The molecule has 0 bridgehead atoms. The molecule has 0 aliphatic rings. The van der Waals surface area contributed by atoms with Gasteiger partial charge in [0, 0.05) is 0 Å². The molecule has 11 heavy (non-hydrogen) atoms. The topological polar surface area (TPSA) is 74.6 Å². The molecule has 0 fully saturated rings. The van der Waals surface area contributed by atoms with Crippen LogP contribution in [0.2, 0.25) is 0 Å². The number of hydrogen-bond acceptors (Lipinski definition) is 2. The lowest BCUT2D eigenvalue weighted by atomic mass is 9.99. The van der Waals surface area contributed by atoms with Gasteiger partial charge in [0.1, 0.15) is 0 Å². The summed E-state index contributed by atoms with van der Waals surface area (Å²) < 4.78 is 0. The maximum Gasteiger partial charge on any atom is 0.311 e. The summed E-state index contributed by atoms with van der Waals surface area (Å²) in [4.78, 5) is 20.5. The second kappa shape index (κ2) is 3.75. The van der Waals surface area contributed by atoms with Crippen LogP contribution in [0.4, 0.5) is 0 Å². The van der Waals surface area contributed by atoms with E-state index in [2.05, 4.69) is 6.58 Å². The Bertz CT molecular complexity index is 181. The number of rotatable bonds is 4. The highest BCUT2D eigenvalue weighted by Gasteiger charge is 2.20. The Kier molecular flexibility index (Phi) is 3.30. The predicted octanol–water partition coefficient (Wildman–Crippen LogP) is 0.738. The maximum absolute atomic E-state index is 10.4. The molecule has 4 heteroatoms. The van der Waals surface area contributed by atoms with Gasteiger partial charge in [-0.25, -0.2) is 0 Å². The quantitative estimate of drug-likeness (QED) is 0.591. The molecule has 0 aromatic heterocycles. The third kappa shape index (κ3) is 3.40. The average Bonchev–Trinajstić information content (AvgIpc) is 1.81. The second-order valence-electron chi connectivity index (χ2n) is 2.34. The van der Waals surface area contributed by atoms with Crippen molar-refractivity contribution < 1.29 is 19.8 Å². The van der Waals surface area contributed by atoms with Gasteiger partial charge >= 0.3 is 11.9 Å². The van der Waals surface area contributed by atoms with Gasteiger partial charge in [-0.05, 0) is 6.92 Å². The molecule has 0 aromatic rings. The van der Waals surface area contributed by atoms with Crippen molar-refractivity contribution in [1.29, 1.82) is 0 Å². The summed E-state index contributed by atoms with van der Waals surface area (Å²) in [5, 5.41) is 16.7. The average molecular weight is 158 g/mol. The summed E-state index contributed by atoms with van der Waals surface area (Å²) in [6.45, 7) is 4.89. The summed E-state index contributed by atoms with van der Waals surface area (Å²) in [5.41, 5.74) is 0.361. The minimum Gasteiger partial charge on any atom is -0.481 e. The van der Waals surface area contributed by atoms with Gasteiger partial charge in [0.25, 0.3) is 0 Å². The molecule has 0 saturated carbocycles. The van der Waals surface area contributed by atoms with Gasteiger partial charge in [-0.1, -0.05) is 12.2 Å². The van der Waals surface area contributed by atoms with Gasteiger partial charge in [0.05, 0.1) is 12.3 Å². The van der Waals surface area contributed by atoms with Crippen LogP contribution < -0.4 is 0 Å². The molecule has 0 rings (SSSR count). The van der Waals surface area contributed by atoms with Crippen molar-refractivity contribution in [3.05, 3.63) is 12.2 Å². The van der Waals surface area contributed by atoms with Crippen LogP contribution in [-0.4, -0.2) is 22.2 Å². The van der Waals surface area contributed by atoms with E-state index in [1.54, 1.807) is 0 Å². The highest BCUT2D eigenvalue weighted by Crippen LogP contribution is 2.12. The molecule has 0 aliphatic carbocycles. The molecule has 1 unspecified atom stereocenters. The molecule has 2 N–H and O–H groups in total. The molecular formula is C7H10O4. The van der Waals surface area contributed by atoms with E-state index in [1.807, 2.05) is 0 Å². The fourth-order valence-electron chi connectivity index (χ4n) is 0.647. The van der Waals surface area contributed by atoms with Crippen LogP contribution in [0.3, 0.4) is 0 Å². The predicted molar refractivity (Wildman–Crippen MR) is 38.2 cm³/mol. The van der Waals surface area contributed by atoms with E-state index >= 15 is 0 Å². The van der Waals surface area contributed by atoms with E-state index < -0.39 is 24.3 Å². The third-order valence-corrected chi connectivity index (χ3v) is 1.27. The van der Waals surface area contributed by atoms with Crippen molar-refractivity contribution in [2.45, 2.75) is 13.3 Å². The largest absolute Gasteiger partial charge is 0.481 e. The van der Waals surface area contributed by atoms with Crippen LogP contribution >= 0.6 is 0 Å². The molecule has 0 amide bonds. The monoisotopic (exact) mass is 158 g/mol. The molecular weight excluding hydrogens is 148 g/mol. The van der Waals surface area contributed by atoms with E-state index in [9.17, 15) is 9.59 Å². The van der Waals surface area contributed by atoms with E-state index in [0.717, 1.165) is 0 Å². The lowest BCUT2D eigenvalue weighted by molar-refractivity contribution is -0.146. The normalized spacial score (nSPS) is 12.1. The highest BCUT2D eigenvalue weighted by atomic mass is 16.4. The second-order valence-corrected chi connectivity index (χ2v) is 2.34. The zero-order valence-electron chi connectivity index (χ0n) is 6.20. The summed E-state index contributed by atoms with van der Waals surface area (Å²) in [5.74, 6) is -3.23. The number of hydrogen-bond donors (Lipinski definition) is 2. The Hall–Kier alpha value is -1.32. The van der Waals surface area contributed by atoms with Crippen molar-refractivity contribution in [3.8, 4) is 0 Å². The highest BCUT2D eigenvalue weighted by molar-refractivity contribution is 5.80. The Morgan fingerprint density at radius 2 is 1.91 bits per heavy atom. The Balaban J connectivity index is 4.23. The van der Waals surface area contributed by atoms with Gasteiger partial charge < -0.3 is 10.2 Å². The van der Waals surface area contributed by atoms with E-state index in [-0.39, 0.29) is 0 Å². The number of aliphatic carboxylic acids is 2. The first-order valence-corrected chi connectivity index (χ1v) is 3.05. The van der Waals surface area contributed by atoms with Crippen LogP contribution in [0, 0.1) is 5.92 Å². The van der Waals surface area contributed by atoms with Crippen molar-refractivity contribution in [1.82, 2.24) is 0 Å². The molecule has 0 heterocycles. The Labute approximate surface area is 64.2 Å². The van der Waals surface area contributed by atoms with Gasteiger partial charge in [0.15, 0.2) is 0 Å². The van der Waals surface area contributed by atoms with Crippen LogP contribution in [0.15, 0.2) is 12.2 Å². The molecule has 4 nitrogen and oxygen atoms in total. The van der Waals surface area contributed by atoms with E-state index in [1.165, 1.54) is 6.92 Å². The molecule has 0 spiro atoms. The van der Waals surface area contributed by atoms with Crippen molar-refractivity contribution in [2.24, 2.45) is 5.92 Å². The van der Waals surface area contributed by atoms with E-state index in [0.29, 0.717) is 5.57 Å². The number of carboxylic acids is 2. The SMILES string of the molecule is C=C(C)C(CC(=O)O)C(=O)O. The molecule has 0 radical (unpaired) electrons. The van der Waals surface area contributed by atoms with Gasteiger partial charge in [-0.2, -0.15) is 0 Å². The van der Waals surface area contributed by atoms with Gasteiger partial charge in [0.2, 0.25) is 0 Å². The van der Waals surface area contributed by atoms with Crippen molar-refractivity contribution in [2.75, 3.05) is 0 Å². The van der Waals surface area contributed by atoms with Gasteiger partial charge in [-0.15, -0.1) is 0 Å². The molecule has 0 aromatic carbocycles. The zero-order chi connectivity index (χ0) is 9.02. The smallest absolute Gasteiger partial charge is 0.311 e. The minimum atomic E-state index is -1.14. The minimum absolute atomic E-state index is 0.361. The standard InChI is InChI=1S/C7H10O4/c1-4(2)5(7(10)11)3-6(8)9/h5H,1,3H2,2H3,(H,8,9)(H,10,11). The summed E-state index contributed by atoms with van der Waals surface area (Å²) in [6, 6.07) is 0. The van der Waals surface area contributed by atoms with Crippen molar-refractivity contribution >= 4 is 11.9 Å². The molecule has 0 saturated heterocycles. The fraction of sp³-hybridized carbons (Fsp3) is 0.429. The van der Waals surface area contributed by atoms with Crippen molar-refractivity contribution in [3.63, 3.8) is 0 Å². The maximum atomic E-state index is 10.4. The van der Waals surface area contributed by atoms with Crippen LogP contribution in [0.1, 0.15) is 13.3 Å².